The van der Waals surface area contributed by atoms with E-state index in [1.807, 2.05) is 24.3 Å². The Labute approximate surface area is 95.5 Å². The van der Waals surface area contributed by atoms with Crippen LogP contribution in [0.5, 0.6) is 0 Å². The first kappa shape index (κ1) is 10.9. The molecule has 2 rings (SSSR count). The van der Waals surface area contributed by atoms with E-state index in [4.69, 9.17) is 4.52 Å². The van der Waals surface area contributed by atoms with Gasteiger partial charge >= 0.3 is 0 Å². The molecule has 3 heteroatoms. The van der Waals surface area contributed by atoms with Crippen molar-refractivity contribution in [3.63, 3.8) is 0 Å². The van der Waals surface area contributed by atoms with Gasteiger partial charge in [0.1, 0.15) is 0 Å². The third kappa shape index (κ3) is 2.69. The van der Waals surface area contributed by atoms with E-state index >= 15 is 0 Å². The van der Waals surface area contributed by atoms with Crippen molar-refractivity contribution in [2.45, 2.75) is 27.2 Å². The van der Waals surface area contributed by atoms with Crippen molar-refractivity contribution in [1.82, 2.24) is 10.1 Å². The summed E-state index contributed by atoms with van der Waals surface area (Å²) in [6.07, 6.45) is 0.785. The Bertz CT molecular complexity index is 454. The molecule has 0 saturated heterocycles. The first-order chi connectivity index (χ1) is 7.54. The van der Waals surface area contributed by atoms with E-state index in [0.717, 1.165) is 12.0 Å². The third-order valence-electron chi connectivity index (χ3n) is 2.10. The molecule has 1 radical (unpaired) electrons. The van der Waals surface area contributed by atoms with Crippen molar-refractivity contribution in [2.75, 3.05) is 0 Å². The van der Waals surface area contributed by atoms with Crippen molar-refractivity contribution in [2.24, 2.45) is 5.41 Å². The van der Waals surface area contributed by atoms with E-state index in [1.54, 1.807) is 0 Å². The first-order valence-electron chi connectivity index (χ1n) is 5.34. The van der Waals surface area contributed by atoms with Crippen molar-refractivity contribution in [3.05, 3.63) is 36.2 Å². The van der Waals surface area contributed by atoms with E-state index in [1.165, 1.54) is 0 Å². The molecule has 83 valence electrons. The molecule has 0 spiro atoms. The summed E-state index contributed by atoms with van der Waals surface area (Å²) in [7, 11) is 0. The number of hydrogen-bond donors (Lipinski definition) is 0. The minimum Gasteiger partial charge on any atom is -0.339 e. The lowest BCUT2D eigenvalue weighted by atomic mass is 9.92. The first-order valence-corrected chi connectivity index (χ1v) is 5.34. The fourth-order valence-corrected chi connectivity index (χ4v) is 1.42. The van der Waals surface area contributed by atoms with Crippen LogP contribution in [0.15, 0.2) is 28.8 Å². The second-order valence-electron chi connectivity index (χ2n) is 5.03. The lowest BCUT2D eigenvalue weighted by Crippen LogP contribution is -2.09. The lowest BCUT2D eigenvalue weighted by Gasteiger charge is -2.13. The quantitative estimate of drug-likeness (QED) is 0.772. The summed E-state index contributed by atoms with van der Waals surface area (Å²) < 4.78 is 5.21. The second kappa shape index (κ2) is 4.08. The largest absolute Gasteiger partial charge is 0.339 e. The van der Waals surface area contributed by atoms with Crippen molar-refractivity contribution in [1.29, 1.82) is 0 Å². The summed E-state index contributed by atoms with van der Waals surface area (Å²) in [6, 6.07) is 10.7. The highest BCUT2D eigenvalue weighted by molar-refractivity contribution is 5.52. The number of rotatable bonds is 2. The summed E-state index contributed by atoms with van der Waals surface area (Å²) in [5.74, 6) is 1.29. The van der Waals surface area contributed by atoms with Gasteiger partial charge in [-0.2, -0.15) is 4.98 Å². The molecule has 0 amide bonds. The van der Waals surface area contributed by atoms with Gasteiger partial charge in [-0.15, -0.1) is 0 Å². The smallest absolute Gasteiger partial charge is 0.227 e. The zero-order valence-corrected chi connectivity index (χ0v) is 9.82. The third-order valence-corrected chi connectivity index (χ3v) is 2.10. The van der Waals surface area contributed by atoms with Gasteiger partial charge in [-0.05, 0) is 11.5 Å². The average Bonchev–Trinajstić information content (AvgIpc) is 2.65. The van der Waals surface area contributed by atoms with Gasteiger partial charge in [-0.3, -0.25) is 0 Å². The fraction of sp³-hybridized carbons (Fsp3) is 0.385. The zero-order valence-electron chi connectivity index (χ0n) is 9.82. The Kier molecular flexibility index (Phi) is 2.77. The van der Waals surface area contributed by atoms with Gasteiger partial charge in [0.05, 0.1) is 0 Å². The van der Waals surface area contributed by atoms with Gasteiger partial charge < -0.3 is 4.52 Å². The molecule has 0 aliphatic heterocycles. The zero-order chi connectivity index (χ0) is 11.6. The summed E-state index contributed by atoms with van der Waals surface area (Å²) in [4.78, 5) is 4.36. The molecule has 0 fully saturated rings. The molecule has 1 aromatic carbocycles. The molecule has 16 heavy (non-hydrogen) atoms. The molecule has 0 N–H and O–H groups in total. The van der Waals surface area contributed by atoms with Crippen LogP contribution in [0.1, 0.15) is 26.7 Å². The molecule has 0 bridgehead atoms. The molecular formula is C13H15N2O. The van der Waals surface area contributed by atoms with Gasteiger partial charge in [0.2, 0.25) is 11.7 Å². The van der Waals surface area contributed by atoms with Crippen LogP contribution >= 0.6 is 0 Å². The summed E-state index contributed by atoms with van der Waals surface area (Å²) in [5, 5.41) is 3.95. The maximum atomic E-state index is 5.21. The Balaban J connectivity index is 2.21. The molecule has 0 aliphatic rings. The van der Waals surface area contributed by atoms with Gasteiger partial charge in [0.15, 0.2) is 0 Å². The van der Waals surface area contributed by atoms with E-state index < -0.39 is 0 Å². The highest BCUT2D eigenvalue weighted by Crippen LogP contribution is 2.21. The molecular weight excluding hydrogens is 200 g/mol. The molecule has 1 aromatic heterocycles. The molecule has 2 aromatic rings. The summed E-state index contributed by atoms with van der Waals surface area (Å²) in [5.41, 5.74) is 1.02. The van der Waals surface area contributed by atoms with Crippen LogP contribution in [0.3, 0.4) is 0 Å². The minimum atomic E-state index is 0.157. The minimum absolute atomic E-state index is 0.157. The van der Waals surface area contributed by atoms with E-state index in [2.05, 4.69) is 37.0 Å². The predicted molar refractivity (Wildman–Crippen MR) is 61.7 cm³/mol. The van der Waals surface area contributed by atoms with E-state index in [0.29, 0.717) is 11.7 Å². The van der Waals surface area contributed by atoms with Crippen LogP contribution in [0.2, 0.25) is 0 Å². The molecule has 3 nitrogen and oxygen atoms in total. The Hall–Kier alpha value is -1.64. The lowest BCUT2D eigenvalue weighted by molar-refractivity contribution is 0.314. The maximum Gasteiger partial charge on any atom is 0.227 e. The Morgan fingerprint density at radius 3 is 2.75 bits per heavy atom. The highest BCUT2D eigenvalue weighted by Gasteiger charge is 2.17. The van der Waals surface area contributed by atoms with Crippen molar-refractivity contribution >= 4 is 0 Å². The predicted octanol–water partition coefficient (Wildman–Crippen LogP) is 3.13. The van der Waals surface area contributed by atoms with Crippen LogP contribution in [0.25, 0.3) is 11.4 Å². The van der Waals surface area contributed by atoms with Crippen LogP contribution in [-0.2, 0) is 6.42 Å². The Morgan fingerprint density at radius 1 is 1.31 bits per heavy atom. The van der Waals surface area contributed by atoms with E-state index in [-0.39, 0.29) is 5.41 Å². The van der Waals surface area contributed by atoms with Crippen LogP contribution in [-0.4, -0.2) is 10.1 Å². The molecule has 0 atom stereocenters. The van der Waals surface area contributed by atoms with E-state index in [9.17, 15) is 0 Å². The average molecular weight is 215 g/mol. The van der Waals surface area contributed by atoms with Crippen LogP contribution in [0.4, 0.5) is 0 Å². The second-order valence-corrected chi connectivity index (χ2v) is 5.03. The monoisotopic (exact) mass is 215 g/mol. The standard InChI is InChI=1S/C13H15N2O/c1-13(2,3)9-11-14-12(15-16-11)10-7-5-4-6-8-10/h4-7H,9H2,1-3H3. The molecule has 0 aliphatic carbocycles. The normalized spacial score (nSPS) is 11.7. The van der Waals surface area contributed by atoms with Crippen molar-refractivity contribution < 1.29 is 4.52 Å². The SMILES string of the molecule is CC(C)(C)Cc1nc(-c2[c]cccc2)no1. The van der Waals surface area contributed by atoms with Gasteiger partial charge in [-0.1, -0.05) is 50.2 Å². The summed E-state index contributed by atoms with van der Waals surface area (Å²) in [6.45, 7) is 6.43. The Morgan fingerprint density at radius 2 is 2.12 bits per heavy atom. The molecule has 0 saturated carbocycles. The number of benzene rings is 1. The van der Waals surface area contributed by atoms with Gasteiger partial charge in [0, 0.05) is 12.0 Å². The number of nitrogens with zero attached hydrogens (tertiary/aromatic N) is 2. The summed E-state index contributed by atoms with van der Waals surface area (Å²) >= 11 is 0. The van der Waals surface area contributed by atoms with Gasteiger partial charge in [-0.25, -0.2) is 0 Å². The molecule has 0 unspecified atom stereocenters. The highest BCUT2D eigenvalue weighted by atomic mass is 16.5. The van der Waals surface area contributed by atoms with Crippen LogP contribution in [0, 0.1) is 11.5 Å². The fourth-order valence-electron chi connectivity index (χ4n) is 1.42. The van der Waals surface area contributed by atoms with Crippen molar-refractivity contribution in [3.8, 4) is 11.4 Å². The number of aromatic nitrogens is 2. The maximum absolute atomic E-state index is 5.21. The van der Waals surface area contributed by atoms with Gasteiger partial charge in [0.25, 0.3) is 0 Å². The molecule has 1 heterocycles. The topological polar surface area (TPSA) is 38.9 Å². The number of hydrogen-bond acceptors (Lipinski definition) is 3. The van der Waals surface area contributed by atoms with Crippen LogP contribution < -0.4 is 0 Å².